The van der Waals surface area contributed by atoms with E-state index in [2.05, 4.69) is 10.4 Å². The van der Waals surface area contributed by atoms with Gasteiger partial charge in [0.2, 0.25) is 0 Å². The van der Waals surface area contributed by atoms with Crippen LogP contribution in [0.5, 0.6) is 0 Å². The third kappa shape index (κ3) is 2.00. The summed E-state index contributed by atoms with van der Waals surface area (Å²) in [5.41, 5.74) is 8.84. The maximum Gasteiger partial charge on any atom is 0.0967 e. The Balaban J connectivity index is 2.51. The Bertz CT molecular complexity index is 506. The standard InChI is InChI=1S/C12H11N3O/c13-10-7-5-9(6-8-10)11-3-1-2-4-12(11)14-15-16/h1-8H,13H2,(H,14,16). The molecule has 16 heavy (non-hydrogen) atoms. The summed E-state index contributed by atoms with van der Waals surface area (Å²) >= 11 is 0. The second-order valence-corrected chi connectivity index (χ2v) is 3.33. The summed E-state index contributed by atoms with van der Waals surface area (Å²) < 4.78 is 0. The van der Waals surface area contributed by atoms with Crippen molar-refractivity contribution < 1.29 is 5.21 Å². The largest absolute Gasteiger partial charge is 0.399 e. The quantitative estimate of drug-likeness (QED) is 0.456. The number of hydrogen-bond acceptors (Lipinski definition) is 3. The average Bonchev–Trinajstić information content (AvgIpc) is 2.32. The van der Waals surface area contributed by atoms with Crippen LogP contribution in [0.1, 0.15) is 0 Å². The van der Waals surface area contributed by atoms with E-state index < -0.39 is 0 Å². The highest BCUT2D eigenvalue weighted by molar-refractivity contribution is 5.76. The molecular weight excluding hydrogens is 202 g/mol. The molecule has 0 atom stereocenters. The van der Waals surface area contributed by atoms with Crippen LogP contribution >= 0.6 is 0 Å². The molecule has 0 spiro atoms. The molecule has 0 amide bonds. The van der Waals surface area contributed by atoms with Gasteiger partial charge in [0.25, 0.3) is 0 Å². The summed E-state index contributed by atoms with van der Waals surface area (Å²) in [6, 6.07) is 14.9. The van der Waals surface area contributed by atoms with Gasteiger partial charge in [-0.15, -0.1) is 5.11 Å². The van der Waals surface area contributed by atoms with Gasteiger partial charge in [0.05, 0.1) is 5.69 Å². The molecule has 2 aromatic carbocycles. The van der Waals surface area contributed by atoms with Crippen molar-refractivity contribution in [1.82, 2.24) is 0 Å². The maximum absolute atomic E-state index is 8.47. The Morgan fingerprint density at radius 2 is 1.62 bits per heavy atom. The second kappa shape index (κ2) is 4.44. The first kappa shape index (κ1) is 10.2. The van der Waals surface area contributed by atoms with Crippen molar-refractivity contribution in [2.24, 2.45) is 10.4 Å². The number of rotatable bonds is 2. The number of nitrogens with zero attached hydrogens (tertiary/aromatic N) is 2. The molecule has 0 aromatic heterocycles. The van der Waals surface area contributed by atoms with Gasteiger partial charge in [-0.25, -0.2) is 0 Å². The summed E-state index contributed by atoms with van der Waals surface area (Å²) in [6.07, 6.45) is 0. The predicted octanol–water partition coefficient (Wildman–Crippen LogP) is 3.41. The van der Waals surface area contributed by atoms with Crippen LogP contribution in [0.3, 0.4) is 0 Å². The first-order chi connectivity index (χ1) is 7.81. The molecule has 80 valence electrons. The van der Waals surface area contributed by atoms with E-state index in [4.69, 9.17) is 10.9 Å². The first-order valence-corrected chi connectivity index (χ1v) is 4.81. The molecule has 0 heterocycles. The predicted molar refractivity (Wildman–Crippen MR) is 62.6 cm³/mol. The van der Waals surface area contributed by atoms with Crippen LogP contribution in [0, 0.1) is 0 Å². The lowest BCUT2D eigenvalue weighted by Crippen LogP contribution is -1.84. The van der Waals surface area contributed by atoms with Gasteiger partial charge in [-0.05, 0) is 23.8 Å². The summed E-state index contributed by atoms with van der Waals surface area (Å²) in [5, 5.41) is 14.9. The van der Waals surface area contributed by atoms with Gasteiger partial charge in [-0.3, -0.25) is 0 Å². The van der Waals surface area contributed by atoms with Crippen LogP contribution in [0.4, 0.5) is 11.4 Å². The third-order valence-electron chi connectivity index (χ3n) is 2.28. The number of benzene rings is 2. The maximum atomic E-state index is 8.47. The van der Waals surface area contributed by atoms with Gasteiger partial charge in [0, 0.05) is 16.5 Å². The number of nitrogen functional groups attached to an aromatic ring is 1. The third-order valence-corrected chi connectivity index (χ3v) is 2.28. The molecule has 3 N–H and O–H groups in total. The van der Waals surface area contributed by atoms with Gasteiger partial charge in [-0.2, -0.15) is 0 Å². The molecule has 0 unspecified atom stereocenters. The van der Waals surface area contributed by atoms with Crippen LogP contribution in [0.15, 0.2) is 58.9 Å². The Morgan fingerprint density at radius 3 is 2.31 bits per heavy atom. The van der Waals surface area contributed by atoms with E-state index in [0.29, 0.717) is 11.4 Å². The zero-order valence-corrected chi connectivity index (χ0v) is 8.54. The Kier molecular flexibility index (Phi) is 2.82. The van der Waals surface area contributed by atoms with E-state index in [1.807, 2.05) is 42.5 Å². The zero-order chi connectivity index (χ0) is 11.4. The lowest BCUT2D eigenvalue weighted by molar-refractivity contribution is 0.289. The van der Waals surface area contributed by atoms with Crippen molar-refractivity contribution in [2.75, 3.05) is 5.73 Å². The lowest BCUT2D eigenvalue weighted by Gasteiger charge is -2.04. The van der Waals surface area contributed by atoms with Gasteiger partial charge < -0.3 is 10.9 Å². The lowest BCUT2D eigenvalue weighted by atomic mass is 10.0. The van der Waals surface area contributed by atoms with Crippen molar-refractivity contribution >= 4 is 11.4 Å². The van der Waals surface area contributed by atoms with E-state index in [1.165, 1.54) is 0 Å². The summed E-state index contributed by atoms with van der Waals surface area (Å²) in [5.74, 6) is 0. The molecular formula is C12H11N3O. The van der Waals surface area contributed by atoms with Crippen LogP contribution in [0.2, 0.25) is 0 Å². The van der Waals surface area contributed by atoms with Crippen molar-refractivity contribution in [2.45, 2.75) is 0 Å². The van der Waals surface area contributed by atoms with Crippen LogP contribution in [-0.2, 0) is 0 Å². The van der Waals surface area contributed by atoms with Gasteiger partial charge >= 0.3 is 0 Å². The highest BCUT2D eigenvalue weighted by atomic mass is 16.5. The van der Waals surface area contributed by atoms with E-state index in [1.54, 1.807) is 6.07 Å². The van der Waals surface area contributed by atoms with E-state index in [9.17, 15) is 0 Å². The highest BCUT2D eigenvalue weighted by Gasteiger charge is 2.03. The molecule has 4 nitrogen and oxygen atoms in total. The normalized spacial score (nSPS) is 10.8. The SMILES string of the molecule is Nc1ccc(-c2ccccc2/N=N\O)cc1. The number of anilines is 1. The first-order valence-electron chi connectivity index (χ1n) is 4.81. The molecule has 2 rings (SSSR count). The van der Waals surface area contributed by atoms with Crippen LogP contribution in [0.25, 0.3) is 11.1 Å². The summed E-state index contributed by atoms with van der Waals surface area (Å²) in [6.45, 7) is 0. The van der Waals surface area contributed by atoms with Crippen molar-refractivity contribution in [3.05, 3.63) is 48.5 Å². The molecule has 0 fully saturated rings. The minimum Gasteiger partial charge on any atom is -0.399 e. The molecule has 0 aliphatic heterocycles. The fraction of sp³-hybridized carbons (Fsp3) is 0. The molecule has 4 heteroatoms. The van der Waals surface area contributed by atoms with E-state index in [0.717, 1.165) is 11.1 Å². The Morgan fingerprint density at radius 1 is 0.938 bits per heavy atom. The van der Waals surface area contributed by atoms with Crippen LogP contribution < -0.4 is 5.73 Å². The summed E-state index contributed by atoms with van der Waals surface area (Å²) in [7, 11) is 0. The van der Waals surface area contributed by atoms with Crippen molar-refractivity contribution in [3.8, 4) is 11.1 Å². The average molecular weight is 213 g/mol. The van der Waals surface area contributed by atoms with Gasteiger partial charge in [-0.1, -0.05) is 30.3 Å². The van der Waals surface area contributed by atoms with Gasteiger partial charge in [0.1, 0.15) is 0 Å². The zero-order valence-electron chi connectivity index (χ0n) is 8.54. The molecule has 0 bridgehead atoms. The van der Waals surface area contributed by atoms with Gasteiger partial charge in [0.15, 0.2) is 0 Å². The topological polar surface area (TPSA) is 71.0 Å². The smallest absolute Gasteiger partial charge is 0.0967 e. The number of hydrogen-bond donors (Lipinski definition) is 2. The fourth-order valence-electron chi connectivity index (χ4n) is 1.52. The molecule has 0 aliphatic rings. The minimum atomic E-state index is 0.620. The van der Waals surface area contributed by atoms with E-state index in [-0.39, 0.29) is 0 Å². The Hall–Kier alpha value is -2.36. The van der Waals surface area contributed by atoms with Crippen molar-refractivity contribution in [1.29, 1.82) is 0 Å². The highest BCUT2D eigenvalue weighted by Crippen LogP contribution is 2.30. The molecule has 2 aromatic rings. The monoisotopic (exact) mass is 213 g/mol. The molecule has 0 saturated carbocycles. The van der Waals surface area contributed by atoms with Crippen molar-refractivity contribution in [3.63, 3.8) is 0 Å². The fourth-order valence-corrected chi connectivity index (χ4v) is 1.52. The number of nitrogens with two attached hydrogens (primary N) is 1. The molecule has 0 radical (unpaired) electrons. The molecule has 0 saturated heterocycles. The Labute approximate surface area is 93.0 Å². The minimum absolute atomic E-state index is 0.620. The summed E-state index contributed by atoms with van der Waals surface area (Å²) in [4.78, 5) is 0. The van der Waals surface area contributed by atoms with Crippen LogP contribution in [-0.4, -0.2) is 5.21 Å². The van der Waals surface area contributed by atoms with E-state index >= 15 is 0 Å². The second-order valence-electron chi connectivity index (χ2n) is 3.33. The molecule has 0 aliphatic carbocycles.